The van der Waals surface area contributed by atoms with Gasteiger partial charge in [-0.3, -0.25) is 0 Å². The first-order valence-corrected chi connectivity index (χ1v) is 7.03. The Kier molecular flexibility index (Phi) is 6.79. The van der Waals surface area contributed by atoms with Gasteiger partial charge in [-0.1, -0.05) is 13.3 Å². The molecule has 20 heavy (non-hydrogen) atoms. The van der Waals surface area contributed by atoms with Gasteiger partial charge in [0.05, 0.1) is 14.2 Å². The molecule has 0 aliphatic carbocycles. The summed E-state index contributed by atoms with van der Waals surface area (Å²) in [5, 5.41) is 0. The zero-order chi connectivity index (χ0) is 13.8. The third-order valence-corrected chi connectivity index (χ3v) is 3.86. The van der Waals surface area contributed by atoms with Gasteiger partial charge in [0.15, 0.2) is 17.2 Å². The van der Waals surface area contributed by atoms with E-state index >= 15 is 0 Å². The van der Waals surface area contributed by atoms with E-state index in [1.165, 1.54) is 29.7 Å². The van der Waals surface area contributed by atoms with Gasteiger partial charge in [0.1, 0.15) is 13.6 Å². The summed E-state index contributed by atoms with van der Waals surface area (Å²) in [6.07, 6.45) is 4.66. The normalized spacial score (nSPS) is 13.6. The average molecular weight is 389 g/mol. The fourth-order valence-electron chi connectivity index (χ4n) is 2.70. The summed E-state index contributed by atoms with van der Waals surface area (Å²) in [6.45, 7) is 3.32. The van der Waals surface area contributed by atoms with Crippen LogP contribution in [0.4, 0.5) is 0 Å². The van der Waals surface area contributed by atoms with Gasteiger partial charge in [-0.05, 0) is 24.1 Å². The number of likely N-dealkylation sites (N-methyl/N-ethyl adjacent to an activating group) is 1. The predicted octanol–water partition coefficient (Wildman–Crippen LogP) is -0.114. The van der Waals surface area contributed by atoms with Crippen LogP contribution in [0, 0.1) is 0 Å². The Bertz CT molecular complexity index is 497. The Morgan fingerprint density at radius 2 is 1.80 bits per heavy atom. The maximum absolute atomic E-state index is 5.43. The molecule has 0 unspecified atom stereocenters. The van der Waals surface area contributed by atoms with Crippen LogP contribution in [0.2, 0.25) is 0 Å². The van der Waals surface area contributed by atoms with Crippen LogP contribution in [0.15, 0.2) is 12.1 Å². The van der Waals surface area contributed by atoms with E-state index in [0.717, 1.165) is 30.9 Å². The molecule has 0 atom stereocenters. The maximum Gasteiger partial charge on any atom is 0.183 e. The summed E-state index contributed by atoms with van der Waals surface area (Å²) in [7, 11) is 5.58. The first-order valence-electron chi connectivity index (χ1n) is 7.03. The van der Waals surface area contributed by atoms with Gasteiger partial charge in [0.2, 0.25) is 0 Å². The molecule has 0 radical (unpaired) electrons. The summed E-state index contributed by atoms with van der Waals surface area (Å²) < 4.78 is 13.2. The number of hydrogen-bond donors (Lipinski definition) is 0. The van der Waals surface area contributed by atoms with Crippen molar-refractivity contribution in [3.8, 4) is 11.5 Å². The minimum absolute atomic E-state index is 0. The van der Waals surface area contributed by atoms with Crippen molar-refractivity contribution in [3.05, 3.63) is 23.3 Å². The lowest BCUT2D eigenvalue weighted by atomic mass is 9.93. The molecule has 1 heterocycles. The van der Waals surface area contributed by atoms with Crippen molar-refractivity contribution in [1.29, 1.82) is 0 Å². The number of ether oxygens (including phenoxy) is 2. The number of benzene rings is 1. The predicted molar refractivity (Wildman–Crippen MR) is 77.9 cm³/mol. The van der Waals surface area contributed by atoms with Crippen molar-refractivity contribution >= 4 is 5.71 Å². The zero-order valence-corrected chi connectivity index (χ0v) is 15.0. The smallest absolute Gasteiger partial charge is 0.183 e. The van der Waals surface area contributed by atoms with Gasteiger partial charge >= 0.3 is 0 Å². The van der Waals surface area contributed by atoms with E-state index in [1.807, 2.05) is 0 Å². The van der Waals surface area contributed by atoms with E-state index in [2.05, 4.69) is 30.7 Å². The van der Waals surface area contributed by atoms with Crippen LogP contribution in [0.5, 0.6) is 11.5 Å². The molecule has 3 nitrogen and oxygen atoms in total. The van der Waals surface area contributed by atoms with Gasteiger partial charge in [0.25, 0.3) is 0 Å². The molecule has 0 fully saturated rings. The van der Waals surface area contributed by atoms with Crippen LogP contribution in [-0.4, -0.2) is 38.1 Å². The van der Waals surface area contributed by atoms with E-state index in [0.29, 0.717) is 0 Å². The SMILES string of the molecule is CCCCC1=[N+](C)CCc2cc(OC)c(OC)cc21.[I-]. The van der Waals surface area contributed by atoms with E-state index in [-0.39, 0.29) is 24.0 Å². The molecule has 112 valence electrons. The lowest BCUT2D eigenvalue weighted by Crippen LogP contribution is -3.00. The summed E-state index contributed by atoms with van der Waals surface area (Å²) in [5.41, 5.74) is 4.14. The molecule has 1 aliphatic heterocycles. The fourth-order valence-corrected chi connectivity index (χ4v) is 2.70. The molecule has 0 saturated heterocycles. The maximum atomic E-state index is 5.43. The molecule has 0 bridgehead atoms. The number of hydrogen-bond acceptors (Lipinski definition) is 2. The van der Waals surface area contributed by atoms with Gasteiger partial charge in [-0.25, -0.2) is 4.58 Å². The lowest BCUT2D eigenvalue weighted by Gasteiger charge is -2.19. The monoisotopic (exact) mass is 389 g/mol. The van der Waals surface area contributed by atoms with Crippen molar-refractivity contribution in [1.82, 2.24) is 0 Å². The molecule has 1 aromatic carbocycles. The second-order valence-electron chi connectivity index (χ2n) is 5.09. The van der Waals surface area contributed by atoms with Gasteiger partial charge < -0.3 is 33.5 Å². The Hall–Kier alpha value is -0.780. The number of methoxy groups -OCH3 is 2. The Balaban J connectivity index is 0.00000200. The topological polar surface area (TPSA) is 21.5 Å². The van der Waals surface area contributed by atoms with Crippen molar-refractivity contribution in [3.63, 3.8) is 0 Å². The quantitative estimate of drug-likeness (QED) is 0.518. The highest BCUT2D eigenvalue weighted by Gasteiger charge is 2.25. The highest BCUT2D eigenvalue weighted by atomic mass is 127. The van der Waals surface area contributed by atoms with Gasteiger partial charge in [-0.2, -0.15) is 0 Å². The molecule has 0 amide bonds. The molecule has 1 aromatic rings. The number of unbranched alkanes of at least 4 members (excludes halogenated alkanes) is 1. The van der Waals surface area contributed by atoms with Crippen molar-refractivity contribution < 1.29 is 38.0 Å². The van der Waals surface area contributed by atoms with E-state index in [1.54, 1.807) is 14.2 Å². The second kappa shape index (κ2) is 7.86. The fraction of sp³-hybridized carbons (Fsp3) is 0.562. The standard InChI is InChI=1S/C16H24NO2.HI/c1-5-6-7-14-13-11-16(19-4)15(18-3)10-12(13)8-9-17(14)2;/h10-11H,5-9H2,1-4H3;1H/q+1;/p-1. The highest BCUT2D eigenvalue weighted by molar-refractivity contribution is 5.99. The summed E-state index contributed by atoms with van der Waals surface area (Å²) in [5.74, 6) is 1.66. The van der Waals surface area contributed by atoms with Crippen LogP contribution in [0.25, 0.3) is 0 Å². The van der Waals surface area contributed by atoms with Crippen molar-refractivity contribution in [2.75, 3.05) is 27.8 Å². The Morgan fingerprint density at radius 1 is 1.15 bits per heavy atom. The number of rotatable bonds is 5. The van der Waals surface area contributed by atoms with Crippen LogP contribution in [0.3, 0.4) is 0 Å². The Morgan fingerprint density at radius 3 is 2.40 bits per heavy atom. The van der Waals surface area contributed by atoms with Crippen LogP contribution < -0.4 is 33.5 Å². The minimum atomic E-state index is 0. The summed E-state index contributed by atoms with van der Waals surface area (Å²) >= 11 is 0. The van der Waals surface area contributed by atoms with Crippen molar-refractivity contribution in [2.45, 2.75) is 32.6 Å². The van der Waals surface area contributed by atoms with Gasteiger partial charge in [-0.15, -0.1) is 0 Å². The van der Waals surface area contributed by atoms with E-state index < -0.39 is 0 Å². The zero-order valence-electron chi connectivity index (χ0n) is 12.8. The first kappa shape index (κ1) is 17.3. The molecular weight excluding hydrogens is 365 g/mol. The lowest BCUT2D eigenvalue weighted by molar-refractivity contribution is -0.499. The summed E-state index contributed by atoms with van der Waals surface area (Å²) in [6, 6.07) is 4.27. The van der Waals surface area contributed by atoms with E-state index in [9.17, 15) is 0 Å². The largest absolute Gasteiger partial charge is 1.00 e. The number of halogens is 1. The number of fused-ring (bicyclic) bond motifs is 1. The van der Waals surface area contributed by atoms with Crippen LogP contribution >= 0.6 is 0 Å². The molecule has 0 N–H and O–H groups in total. The second-order valence-corrected chi connectivity index (χ2v) is 5.09. The molecule has 1 aliphatic rings. The third-order valence-electron chi connectivity index (χ3n) is 3.86. The van der Waals surface area contributed by atoms with Crippen LogP contribution in [-0.2, 0) is 6.42 Å². The molecular formula is C16H24INO2. The molecule has 4 heteroatoms. The molecule has 0 aromatic heterocycles. The number of nitrogens with zero attached hydrogens (tertiary/aromatic N) is 1. The molecule has 0 saturated carbocycles. The van der Waals surface area contributed by atoms with Crippen molar-refractivity contribution in [2.24, 2.45) is 0 Å². The minimum Gasteiger partial charge on any atom is -1.00 e. The van der Waals surface area contributed by atoms with Gasteiger partial charge in [0, 0.05) is 18.4 Å². The van der Waals surface area contributed by atoms with Crippen LogP contribution in [0.1, 0.15) is 37.3 Å². The third kappa shape index (κ3) is 3.45. The molecule has 0 spiro atoms. The molecule has 2 rings (SSSR count). The first-order chi connectivity index (χ1) is 9.21. The average Bonchev–Trinajstić information content (AvgIpc) is 2.44. The summed E-state index contributed by atoms with van der Waals surface area (Å²) in [4.78, 5) is 0. The highest BCUT2D eigenvalue weighted by Crippen LogP contribution is 2.33. The van der Waals surface area contributed by atoms with E-state index in [4.69, 9.17) is 9.47 Å². The Labute approximate surface area is 139 Å².